The summed E-state index contributed by atoms with van der Waals surface area (Å²) in [6.45, 7) is 12.1. The molecule has 0 radical (unpaired) electrons. The molecule has 3 unspecified atom stereocenters. The van der Waals surface area contributed by atoms with Gasteiger partial charge in [0.15, 0.2) is 0 Å². The maximum Gasteiger partial charge on any atom is 0.248 e. The van der Waals surface area contributed by atoms with E-state index in [1.807, 2.05) is 65.0 Å². The Hall–Kier alpha value is -3.04. The van der Waals surface area contributed by atoms with E-state index in [9.17, 15) is 19.5 Å². The predicted octanol–water partition coefficient (Wildman–Crippen LogP) is 4.63. The number of hydrogen-bond donors (Lipinski definition) is 3. The molecule has 9 heteroatoms. The van der Waals surface area contributed by atoms with Crippen LogP contribution in [-0.2, 0) is 14.4 Å². The van der Waals surface area contributed by atoms with Gasteiger partial charge in [0, 0.05) is 16.6 Å². The Kier molecular flexibility index (Phi) is 8.14. The molecule has 41 heavy (non-hydrogen) atoms. The first-order chi connectivity index (χ1) is 19.5. The van der Waals surface area contributed by atoms with Crippen LogP contribution in [0.25, 0.3) is 0 Å². The first-order valence-electron chi connectivity index (χ1n) is 14.6. The highest BCUT2D eigenvalue weighted by atomic mass is 32.2. The smallest absolute Gasteiger partial charge is 0.248 e. The third kappa shape index (κ3) is 4.91. The van der Waals surface area contributed by atoms with Gasteiger partial charge in [0.1, 0.15) is 11.8 Å². The van der Waals surface area contributed by atoms with Gasteiger partial charge in [-0.1, -0.05) is 32.9 Å². The summed E-state index contributed by atoms with van der Waals surface area (Å²) in [6, 6.07) is 11.8. The highest BCUT2D eigenvalue weighted by molar-refractivity contribution is 8.02. The maximum absolute atomic E-state index is 14.4. The molecule has 8 nitrogen and oxygen atoms in total. The first-order valence-corrected chi connectivity index (χ1v) is 15.4. The third-order valence-corrected chi connectivity index (χ3v) is 11.2. The number of aryl methyl sites for hydroxylation is 2. The van der Waals surface area contributed by atoms with Crippen molar-refractivity contribution in [3.63, 3.8) is 0 Å². The van der Waals surface area contributed by atoms with Gasteiger partial charge in [-0.3, -0.25) is 14.4 Å². The number of rotatable bonds is 9. The number of thioether (sulfide) groups is 1. The predicted molar refractivity (Wildman–Crippen MR) is 162 cm³/mol. The standard InChI is InChI=1S/C32H41N3O5S/c1-7-40-22-12-10-21(11-13-22)33-29(37)26-25-15-20(6)32(41-25)27(26)31(39)35(24(16-36)17(2)3)28(32)30(38)34-23-14-18(4)8-9-19(23)5/h8-14,17,20,24-28,36H,7,15-16H2,1-6H3,(H,33,37)(H,34,38)/t20?,24-,25-,26+,27-,28?,32?/m0/s1. The van der Waals surface area contributed by atoms with Crippen LogP contribution >= 0.6 is 11.8 Å². The minimum Gasteiger partial charge on any atom is -0.494 e. The molecule has 3 fully saturated rings. The van der Waals surface area contributed by atoms with Crippen molar-refractivity contribution < 1.29 is 24.2 Å². The van der Waals surface area contributed by atoms with Crippen LogP contribution in [-0.4, -0.2) is 63.0 Å². The van der Waals surface area contributed by atoms with E-state index in [0.29, 0.717) is 18.0 Å². The zero-order valence-electron chi connectivity index (χ0n) is 24.6. The molecule has 2 aromatic carbocycles. The lowest BCUT2D eigenvalue weighted by Crippen LogP contribution is -2.57. The van der Waals surface area contributed by atoms with E-state index in [1.165, 1.54) is 0 Å². The van der Waals surface area contributed by atoms with Gasteiger partial charge in [-0.05, 0) is 80.5 Å². The van der Waals surface area contributed by atoms with E-state index < -0.39 is 28.7 Å². The van der Waals surface area contributed by atoms with Crippen molar-refractivity contribution in [2.24, 2.45) is 23.7 Å². The molecule has 7 atom stereocenters. The highest BCUT2D eigenvalue weighted by Crippen LogP contribution is 2.69. The average molecular weight is 580 g/mol. The minimum absolute atomic E-state index is 0.0341. The van der Waals surface area contributed by atoms with Crippen LogP contribution in [0.1, 0.15) is 45.2 Å². The second-order valence-corrected chi connectivity index (χ2v) is 13.6. The highest BCUT2D eigenvalue weighted by Gasteiger charge is 2.76. The third-order valence-electron chi connectivity index (χ3n) is 9.13. The van der Waals surface area contributed by atoms with Gasteiger partial charge < -0.3 is 25.4 Å². The summed E-state index contributed by atoms with van der Waals surface area (Å²) in [6.07, 6.45) is 0.738. The molecule has 3 aliphatic rings. The molecule has 3 amide bonds. The average Bonchev–Trinajstić information content (AvgIpc) is 3.52. The molecule has 3 heterocycles. The van der Waals surface area contributed by atoms with Gasteiger partial charge in [0.2, 0.25) is 17.7 Å². The fourth-order valence-electron chi connectivity index (χ4n) is 7.13. The molecule has 0 aromatic heterocycles. The quantitative estimate of drug-likeness (QED) is 0.400. The van der Waals surface area contributed by atoms with Crippen molar-refractivity contribution >= 4 is 40.9 Å². The second kappa shape index (κ2) is 11.3. The zero-order chi connectivity index (χ0) is 29.6. The summed E-state index contributed by atoms with van der Waals surface area (Å²) in [7, 11) is 0. The fraction of sp³-hybridized carbons (Fsp3) is 0.531. The normalized spacial score (nSPS) is 29.0. The van der Waals surface area contributed by atoms with Gasteiger partial charge in [0.25, 0.3) is 0 Å². The van der Waals surface area contributed by atoms with Gasteiger partial charge in [0.05, 0.1) is 35.8 Å². The number of likely N-dealkylation sites (tertiary alicyclic amines) is 1. The van der Waals surface area contributed by atoms with Crippen LogP contribution in [0.4, 0.5) is 11.4 Å². The summed E-state index contributed by atoms with van der Waals surface area (Å²) < 4.78 is 4.75. The molecule has 2 aromatic rings. The Labute approximate surface area is 246 Å². The number of anilines is 2. The number of carbonyl (C=O) groups is 3. The van der Waals surface area contributed by atoms with Crippen LogP contribution < -0.4 is 15.4 Å². The molecular formula is C32H41N3O5S. The van der Waals surface area contributed by atoms with Crippen LogP contribution in [0.2, 0.25) is 0 Å². The molecule has 5 rings (SSSR count). The Morgan fingerprint density at radius 2 is 1.83 bits per heavy atom. The molecule has 220 valence electrons. The Balaban J connectivity index is 1.51. The number of hydrogen-bond acceptors (Lipinski definition) is 6. The van der Waals surface area contributed by atoms with Gasteiger partial charge in [-0.15, -0.1) is 11.8 Å². The number of carbonyl (C=O) groups excluding carboxylic acids is 3. The largest absolute Gasteiger partial charge is 0.494 e. The van der Waals surface area contributed by atoms with Gasteiger partial charge in [-0.2, -0.15) is 0 Å². The molecule has 2 bridgehead atoms. The SMILES string of the molecule is CCOc1ccc(NC(=O)[C@@H]2[C@@H]3CC(C)C4(S3)C(C(=O)Nc3cc(C)ccc3C)N([C@@H](CO)C(C)C)C(=O)[C@H]24)cc1. The lowest BCUT2D eigenvalue weighted by molar-refractivity contribution is -0.142. The van der Waals surface area contributed by atoms with E-state index in [-0.39, 0.29) is 41.4 Å². The van der Waals surface area contributed by atoms with Crippen LogP contribution in [0.5, 0.6) is 5.75 Å². The monoisotopic (exact) mass is 579 g/mol. The van der Waals surface area contributed by atoms with Crippen LogP contribution in [0.15, 0.2) is 42.5 Å². The number of nitrogens with zero attached hydrogens (tertiary/aromatic N) is 1. The molecule has 3 aliphatic heterocycles. The number of benzene rings is 2. The summed E-state index contributed by atoms with van der Waals surface area (Å²) in [4.78, 5) is 44.2. The molecular weight excluding hydrogens is 538 g/mol. The fourth-order valence-corrected chi connectivity index (χ4v) is 9.54. The van der Waals surface area contributed by atoms with Crippen molar-refractivity contribution in [3.8, 4) is 5.75 Å². The number of fused-ring (bicyclic) bond motifs is 1. The van der Waals surface area contributed by atoms with Crippen molar-refractivity contribution in [2.75, 3.05) is 23.8 Å². The van der Waals surface area contributed by atoms with Crippen molar-refractivity contribution in [1.29, 1.82) is 0 Å². The summed E-state index contributed by atoms with van der Waals surface area (Å²) >= 11 is 1.63. The molecule has 0 aliphatic carbocycles. The van der Waals surface area contributed by atoms with Crippen LogP contribution in [0, 0.1) is 37.5 Å². The van der Waals surface area contributed by atoms with E-state index in [4.69, 9.17) is 4.74 Å². The molecule has 1 spiro atoms. The summed E-state index contributed by atoms with van der Waals surface area (Å²) in [5.41, 5.74) is 3.30. The van der Waals surface area contributed by atoms with E-state index in [1.54, 1.807) is 28.8 Å². The van der Waals surface area contributed by atoms with Gasteiger partial charge >= 0.3 is 0 Å². The first kappa shape index (κ1) is 29.5. The lowest BCUT2D eigenvalue weighted by atomic mass is 9.65. The Bertz CT molecular complexity index is 1330. The number of amides is 3. The Morgan fingerprint density at radius 1 is 1.12 bits per heavy atom. The minimum atomic E-state index is -0.812. The van der Waals surface area contributed by atoms with Crippen molar-refractivity contribution in [1.82, 2.24) is 4.90 Å². The number of ether oxygens (including phenoxy) is 1. The zero-order valence-corrected chi connectivity index (χ0v) is 25.5. The van der Waals surface area contributed by atoms with E-state index in [0.717, 1.165) is 23.3 Å². The Morgan fingerprint density at radius 3 is 2.46 bits per heavy atom. The van der Waals surface area contributed by atoms with Crippen LogP contribution in [0.3, 0.4) is 0 Å². The maximum atomic E-state index is 14.4. The van der Waals surface area contributed by atoms with Crippen molar-refractivity contribution in [2.45, 2.75) is 70.0 Å². The topological polar surface area (TPSA) is 108 Å². The number of aliphatic hydroxyl groups excluding tert-OH is 1. The van der Waals surface area contributed by atoms with Crippen molar-refractivity contribution in [3.05, 3.63) is 53.6 Å². The number of nitrogens with one attached hydrogen (secondary N) is 2. The molecule has 0 saturated carbocycles. The molecule has 3 saturated heterocycles. The summed E-state index contributed by atoms with van der Waals surface area (Å²) in [5.74, 6) is -1.26. The van der Waals surface area contributed by atoms with Gasteiger partial charge in [-0.25, -0.2) is 0 Å². The molecule has 3 N–H and O–H groups in total. The second-order valence-electron chi connectivity index (χ2n) is 12.0. The number of aliphatic hydroxyl groups is 1. The van der Waals surface area contributed by atoms with E-state index in [2.05, 4.69) is 17.6 Å². The van der Waals surface area contributed by atoms with E-state index >= 15 is 0 Å². The lowest BCUT2D eigenvalue weighted by Gasteiger charge is -2.41. The summed E-state index contributed by atoms with van der Waals surface area (Å²) in [5, 5.41) is 16.5.